The van der Waals surface area contributed by atoms with Gasteiger partial charge in [-0.15, -0.1) is 0 Å². The Morgan fingerprint density at radius 1 is 0.545 bits per heavy atom. The average molecular weight is 650 g/mol. The van der Waals surface area contributed by atoms with Gasteiger partial charge < -0.3 is 62.8 Å². The standard InChI is InChI=1S/C16H31N5O6.5H2O.Yb/c17-1-2-18-3-5-19(11-14(22)23)7-9-21(13-16(26)27)10-8-20(6-4-18)12-15(24)25;;;;;;/h1-13,17H2,(H,22,23)(H,24,25)(H,26,27);5*1H2;/q;;;;;;+3/p-3. The van der Waals surface area contributed by atoms with Gasteiger partial charge in [0.05, 0.1) is 17.9 Å². The van der Waals surface area contributed by atoms with Crippen LogP contribution in [0.3, 0.4) is 0 Å². The van der Waals surface area contributed by atoms with E-state index in [-0.39, 0.29) is 93.9 Å². The number of carbonyl (C=O) groups is 3. The number of rotatable bonds is 8. The van der Waals surface area contributed by atoms with Gasteiger partial charge in [0.2, 0.25) is 0 Å². The largest absolute Gasteiger partial charge is 3.00 e. The molecule has 12 N–H and O–H groups in total. The van der Waals surface area contributed by atoms with Crippen LogP contribution >= 0.6 is 0 Å². The smallest absolute Gasteiger partial charge is 0.549 e. The van der Waals surface area contributed by atoms with E-state index in [0.717, 1.165) is 0 Å². The van der Waals surface area contributed by atoms with Crippen molar-refractivity contribution in [2.75, 3.05) is 85.1 Å². The second-order valence-corrected chi connectivity index (χ2v) is 6.57. The van der Waals surface area contributed by atoms with Crippen LogP contribution in [-0.2, 0) is 14.4 Å². The minimum Gasteiger partial charge on any atom is -0.549 e. The van der Waals surface area contributed by atoms with Crippen LogP contribution < -0.4 is 21.1 Å². The van der Waals surface area contributed by atoms with Gasteiger partial charge in [-0.25, -0.2) is 0 Å². The monoisotopic (exact) mass is 650 g/mol. The minimum atomic E-state index is -1.24. The SMILES string of the molecule is NCCN1CCN(CC(=O)[O-])CCN(CC(=O)[O-])CCN(CC(=O)[O-])CC1.O.O.O.O.O.[Yb+3]. The van der Waals surface area contributed by atoms with E-state index in [1.807, 2.05) is 4.90 Å². The summed E-state index contributed by atoms with van der Waals surface area (Å²) in [4.78, 5) is 40.0. The second kappa shape index (κ2) is 26.1. The van der Waals surface area contributed by atoms with E-state index >= 15 is 0 Å². The van der Waals surface area contributed by atoms with Crippen molar-refractivity contribution in [3.63, 3.8) is 0 Å². The van der Waals surface area contributed by atoms with Crippen LogP contribution in [0.4, 0.5) is 0 Å². The Bertz CT molecular complexity index is 475. The molecule has 0 aromatic rings. The van der Waals surface area contributed by atoms with Gasteiger partial charge in [-0.3, -0.25) is 19.6 Å². The van der Waals surface area contributed by atoms with Gasteiger partial charge in [0.25, 0.3) is 0 Å². The van der Waals surface area contributed by atoms with Crippen LogP contribution in [0.25, 0.3) is 0 Å². The van der Waals surface area contributed by atoms with E-state index in [9.17, 15) is 29.7 Å². The average Bonchev–Trinajstić information content (AvgIpc) is 2.56. The predicted octanol–water partition coefficient (Wildman–Crippen LogP) is -10.7. The zero-order valence-electron chi connectivity index (χ0n) is 18.3. The van der Waals surface area contributed by atoms with Crippen molar-refractivity contribution in [3.8, 4) is 0 Å². The molecular formula is C16H38N5O11Yb. The zero-order valence-corrected chi connectivity index (χ0v) is 20.0. The molecule has 1 fully saturated rings. The number of nitrogens with two attached hydrogens (primary N) is 1. The number of hydrogen-bond acceptors (Lipinski definition) is 11. The van der Waals surface area contributed by atoms with Gasteiger partial charge in [0.15, 0.2) is 0 Å². The zero-order chi connectivity index (χ0) is 20.2. The molecule has 1 heterocycles. The van der Waals surface area contributed by atoms with Crippen molar-refractivity contribution in [1.82, 2.24) is 19.6 Å². The number of hydrogen-bond donors (Lipinski definition) is 1. The van der Waals surface area contributed by atoms with E-state index in [1.165, 1.54) is 0 Å². The molecule has 17 heteroatoms. The predicted molar refractivity (Wildman–Crippen MR) is 108 cm³/mol. The van der Waals surface area contributed by atoms with Crippen molar-refractivity contribution >= 4 is 17.9 Å². The summed E-state index contributed by atoms with van der Waals surface area (Å²) in [6, 6.07) is 0. The maximum atomic E-state index is 11.0. The van der Waals surface area contributed by atoms with Crippen molar-refractivity contribution in [2.24, 2.45) is 5.73 Å². The summed E-state index contributed by atoms with van der Waals surface area (Å²) in [7, 11) is 0. The Kier molecular flexibility index (Phi) is 36.4. The molecule has 0 spiro atoms. The molecule has 0 atom stereocenters. The number of carboxylic acid groups (broad SMARTS) is 3. The van der Waals surface area contributed by atoms with E-state index in [2.05, 4.69) is 0 Å². The van der Waals surface area contributed by atoms with Crippen molar-refractivity contribution in [2.45, 2.75) is 0 Å². The summed E-state index contributed by atoms with van der Waals surface area (Å²) in [5, 5.41) is 32.9. The molecule has 0 aliphatic carbocycles. The first-order chi connectivity index (χ1) is 12.8. The van der Waals surface area contributed by atoms with Crippen LogP contribution in [0.1, 0.15) is 0 Å². The fourth-order valence-corrected chi connectivity index (χ4v) is 3.01. The van der Waals surface area contributed by atoms with Crippen LogP contribution in [0, 0.1) is 46.9 Å². The van der Waals surface area contributed by atoms with Gasteiger partial charge >= 0.3 is 46.9 Å². The van der Waals surface area contributed by atoms with E-state index in [0.29, 0.717) is 65.4 Å². The second-order valence-electron chi connectivity index (χ2n) is 6.57. The van der Waals surface area contributed by atoms with Crippen LogP contribution in [-0.4, -0.2) is 150 Å². The van der Waals surface area contributed by atoms with Crippen LogP contribution in [0.5, 0.6) is 0 Å². The van der Waals surface area contributed by atoms with Crippen LogP contribution in [0.15, 0.2) is 0 Å². The quantitative estimate of drug-likeness (QED) is 0.257. The minimum absolute atomic E-state index is 0. The molecule has 1 rings (SSSR count). The molecular weight excluding hydrogens is 611 g/mol. The number of carbonyl (C=O) groups excluding carboxylic acids is 3. The van der Waals surface area contributed by atoms with Crippen molar-refractivity contribution in [1.29, 1.82) is 0 Å². The molecule has 1 aliphatic heterocycles. The number of nitrogens with zero attached hydrogens (tertiary/aromatic N) is 4. The summed E-state index contributed by atoms with van der Waals surface area (Å²) >= 11 is 0. The first-order valence-corrected chi connectivity index (χ1v) is 8.99. The molecule has 0 aromatic heterocycles. The summed E-state index contributed by atoms with van der Waals surface area (Å²) in [5.41, 5.74) is 5.63. The summed E-state index contributed by atoms with van der Waals surface area (Å²) in [5.74, 6) is -3.63. The molecule has 0 unspecified atom stereocenters. The summed E-state index contributed by atoms with van der Waals surface area (Å²) in [6.45, 7) is 3.59. The Hall–Kier alpha value is -0.471. The maximum Gasteiger partial charge on any atom is 3.00 e. The maximum absolute atomic E-state index is 11.0. The third-order valence-corrected chi connectivity index (χ3v) is 4.43. The van der Waals surface area contributed by atoms with Gasteiger partial charge in [-0.05, 0) is 0 Å². The molecule has 0 bridgehead atoms. The Balaban J connectivity index is -0.000000304. The third-order valence-electron chi connectivity index (χ3n) is 4.43. The first kappa shape index (κ1) is 45.9. The summed E-state index contributed by atoms with van der Waals surface area (Å²) < 4.78 is 0. The molecule has 1 aliphatic rings. The molecule has 207 valence electrons. The molecule has 1 saturated heterocycles. The van der Waals surface area contributed by atoms with Crippen LogP contribution in [0.2, 0.25) is 0 Å². The number of carboxylic acids is 3. The molecule has 0 saturated carbocycles. The molecule has 0 aromatic carbocycles. The van der Waals surface area contributed by atoms with Gasteiger partial charge in [0.1, 0.15) is 0 Å². The fourth-order valence-electron chi connectivity index (χ4n) is 3.01. The normalized spacial score (nSPS) is 16.3. The van der Waals surface area contributed by atoms with Gasteiger partial charge in [-0.1, -0.05) is 0 Å². The third kappa shape index (κ3) is 23.1. The Morgan fingerprint density at radius 2 is 0.758 bits per heavy atom. The number of aliphatic carboxylic acids is 3. The molecule has 33 heavy (non-hydrogen) atoms. The van der Waals surface area contributed by atoms with Crippen molar-refractivity contribution < 1.29 is 104 Å². The van der Waals surface area contributed by atoms with E-state index < -0.39 is 17.9 Å². The fraction of sp³-hybridized carbons (Fsp3) is 0.812. The van der Waals surface area contributed by atoms with Gasteiger partial charge in [-0.2, -0.15) is 0 Å². The topological polar surface area (TPSA) is 317 Å². The molecule has 0 amide bonds. The Morgan fingerprint density at radius 3 is 0.939 bits per heavy atom. The van der Waals surface area contributed by atoms with Crippen molar-refractivity contribution in [3.05, 3.63) is 0 Å². The Labute approximate surface area is 231 Å². The first-order valence-electron chi connectivity index (χ1n) is 8.99. The van der Waals surface area contributed by atoms with Gasteiger partial charge in [0, 0.05) is 85.1 Å². The molecule has 1 radical (unpaired) electrons. The molecule has 16 nitrogen and oxygen atoms in total. The summed E-state index contributed by atoms with van der Waals surface area (Å²) in [6.07, 6.45) is 0. The van der Waals surface area contributed by atoms with E-state index in [1.54, 1.807) is 14.7 Å². The van der Waals surface area contributed by atoms with E-state index in [4.69, 9.17) is 5.73 Å².